The van der Waals surface area contributed by atoms with E-state index in [0.717, 1.165) is 0 Å². The summed E-state index contributed by atoms with van der Waals surface area (Å²) >= 11 is 0. The first-order valence-corrected chi connectivity index (χ1v) is 20.9. The van der Waals surface area contributed by atoms with E-state index < -0.39 is 73.2 Å². The van der Waals surface area contributed by atoms with Gasteiger partial charge in [-0.15, -0.1) is 0 Å². The molecule has 6 rings (SSSR count). The van der Waals surface area contributed by atoms with Gasteiger partial charge in [-0.3, -0.25) is 0 Å². The SMILES string of the molecule is N[C@@H]1C[C@@H](O)[C@@H](O)C[C@@H]1N.N[C@@H]1C[C@H](O)[C@@H](O)C[C@@H]1N.N[C@@H]1C[C@H](O)[C@@H](O)C[C@@H]1N.N[C@@H]1C[C@H](O)[C@H](O)C[C@@H]1N.N[C@H]1C[C@@H](O)[C@@H](O)C[C@@H]1N.N[C@H]1C[C@H](O)[C@@H](O)C[C@@H]1N. The summed E-state index contributed by atoms with van der Waals surface area (Å²) in [6.45, 7) is 0. The zero-order valence-corrected chi connectivity index (χ0v) is 34.6. The van der Waals surface area contributed by atoms with Gasteiger partial charge >= 0.3 is 0 Å². The van der Waals surface area contributed by atoms with Gasteiger partial charge in [-0.2, -0.15) is 0 Å². The van der Waals surface area contributed by atoms with Crippen molar-refractivity contribution in [3.8, 4) is 0 Å². The molecule has 0 amide bonds. The van der Waals surface area contributed by atoms with Crippen molar-refractivity contribution in [1.82, 2.24) is 0 Å². The number of aliphatic hydroxyl groups excluding tert-OH is 12. The number of aliphatic hydroxyl groups is 12. The van der Waals surface area contributed by atoms with E-state index in [0.29, 0.717) is 77.0 Å². The monoisotopic (exact) mass is 877 g/mol. The smallest absolute Gasteiger partial charge is 0.0815 e. The lowest BCUT2D eigenvalue weighted by Crippen LogP contribution is -2.52. The van der Waals surface area contributed by atoms with E-state index in [2.05, 4.69) is 0 Å². The summed E-state index contributed by atoms with van der Waals surface area (Å²) in [5.41, 5.74) is 66.4. The minimum absolute atomic E-state index is 0.168. The molecule has 6 aliphatic carbocycles. The van der Waals surface area contributed by atoms with Gasteiger partial charge in [0, 0.05) is 72.5 Å². The molecule has 0 aromatic rings. The molecule has 0 spiro atoms. The van der Waals surface area contributed by atoms with Crippen molar-refractivity contribution in [2.45, 2.75) is 223 Å². The van der Waals surface area contributed by atoms with Crippen molar-refractivity contribution in [3.63, 3.8) is 0 Å². The quantitative estimate of drug-likeness (QED) is 0.107. The Morgan fingerprint density at radius 1 is 0.150 bits per heavy atom. The highest BCUT2D eigenvalue weighted by Gasteiger charge is 2.35. The molecular weight excluding hydrogens is 792 g/mol. The Hall–Kier alpha value is -0.960. The molecule has 6 aliphatic rings. The van der Waals surface area contributed by atoms with E-state index in [1.807, 2.05) is 0 Å². The molecule has 0 heterocycles. The summed E-state index contributed by atoms with van der Waals surface area (Å²) in [6, 6.07) is -2.02. The fourth-order valence-electron chi connectivity index (χ4n) is 7.33. The van der Waals surface area contributed by atoms with Crippen molar-refractivity contribution in [3.05, 3.63) is 0 Å². The van der Waals surface area contributed by atoms with Gasteiger partial charge in [0.05, 0.1) is 73.2 Å². The maximum absolute atomic E-state index is 9.08. The minimum atomic E-state index is -0.685. The standard InChI is InChI=1S/6C6H14N2O2/c6*7-3-1-5(9)6(10)2-4(3)8/h6*3-6,9-10H,1-2,7-8H2/t3-,4+,5+,6-;3-,4+,5-,6+;2*3-,4+,5-,6-;3-,4-,5-,6+;3-,4-,5-,6-/m..0000/s1. The maximum Gasteiger partial charge on any atom is 0.0815 e. The molecule has 0 aromatic heterocycles. The summed E-state index contributed by atoms with van der Waals surface area (Å²) in [5.74, 6) is 0. The van der Waals surface area contributed by atoms with Crippen LogP contribution in [0.25, 0.3) is 0 Å². The largest absolute Gasteiger partial charge is 0.390 e. The van der Waals surface area contributed by atoms with Gasteiger partial charge in [0.15, 0.2) is 0 Å². The Balaban J connectivity index is 0.000000360. The molecule has 0 saturated heterocycles. The van der Waals surface area contributed by atoms with E-state index in [4.69, 9.17) is 130 Å². The van der Waals surface area contributed by atoms with Gasteiger partial charge in [-0.25, -0.2) is 0 Å². The lowest BCUT2D eigenvalue weighted by molar-refractivity contribution is -0.0198. The number of nitrogens with two attached hydrogens (primary N) is 12. The van der Waals surface area contributed by atoms with Gasteiger partial charge in [-0.1, -0.05) is 0 Å². The molecule has 24 nitrogen and oxygen atoms in total. The van der Waals surface area contributed by atoms with Crippen LogP contribution in [0.3, 0.4) is 0 Å². The van der Waals surface area contributed by atoms with Crippen molar-refractivity contribution < 1.29 is 61.3 Å². The zero-order valence-electron chi connectivity index (χ0n) is 34.6. The Labute approximate surface area is 352 Å². The molecule has 0 aromatic carbocycles. The van der Waals surface area contributed by atoms with Gasteiger partial charge in [0.1, 0.15) is 0 Å². The van der Waals surface area contributed by atoms with Crippen molar-refractivity contribution in [2.75, 3.05) is 0 Å². The van der Waals surface area contributed by atoms with Crippen LogP contribution in [0.1, 0.15) is 77.0 Å². The molecule has 6 saturated carbocycles. The molecule has 0 unspecified atom stereocenters. The summed E-state index contributed by atoms with van der Waals surface area (Å²) in [6.07, 6.45) is -3.36. The summed E-state index contributed by atoms with van der Waals surface area (Å²) in [7, 11) is 0. The van der Waals surface area contributed by atoms with Crippen LogP contribution in [0.2, 0.25) is 0 Å². The van der Waals surface area contributed by atoms with Crippen LogP contribution >= 0.6 is 0 Å². The fourth-order valence-corrected chi connectivity index (χ4v) is 7.33. The van der Waals surface area contributed by atoms with Crippen molar-refractivity contribution in [2.24, 2.45) is 68.8 Å². The van der Waals surface area contributed by atoms with Gasteiger partial charge in [0.25, 0.3) is 0 Å². The van der Waals surface area contributed by atoms with Crippen molar-refractivity contribution in [1.29, 1.82) is 0 Å². The zero-order chi connectivity index (χ0) is 46.3. The molecule has 24 atom stereocenters. The molecule has 360 valence electrons. The van der Waals surface area contributed by atoms with Crippen LogP contribution in [0.15, 0.2) is 0 Å². The van der Waals surface area contributed by atoms with E-state index in [1.165, 1.54) is 0 Å². The Morgan fingerprint density at radius 2 is 0.200 bits per heavy atom. The molecule has 0 aliphatic heterocycles. The minimum Gasteiger partial charge on any atom is -0.390 e. The lowest BCUT2D eigenvalue weighted by atomic mass is 9.87. The number of hydrogen-bond donors (Lipinski definition) is 24. The van der Waals surface area contributed by atoms with Crippen LogP contribution in [0.5, 0.6) is 0 Å². The van der Waals surface area contributed by atoms with Crippen LogP contribution in [0.4, 0.5) is 0 Å². The Kier molecular flexibility index (Phi) is 26.0. The second-order valence-electron chi connectivity index (χ2n) is 17.6. The predicted molar refractivity (Wildman–Crippen MR) is 223 cm³/mol. The highest BCUT2D eigenvalue weighted by molar-refractivity contribution is 4.93. The van der Waals surface area contributed by atoms with Crippen LogP contribution < -0.4 is 68.8 Å². The average molecular weight is 877 g/mol. The molecule has 60 heavy (non-hydrogen) atoms. The van der Waals surface area contributed by atoms with Crippen LogP contribution in [-0.2, 0) is 0 Å². The molecule has 0 radical (unpaired) electrons. The van der Waals surface area contributed by atoms with Crippen LogP contribution in [-0.4, -0.2) is 207 Å². The third-order valence-electron chi connectivity index (χ3n) is 12.1. The van der Waals surface area contributed by atoms with Crippen LogP contribution in [0, 0.1) is 0 Å². The third kappa shape index (κ3) is 19.8. The summed E-state index contributed by atoms with van der Waals surface area (Å²) in [4.78, 5) is 0. The van der Waals surface area contributed by atoms with E-state index in [-0.39, 0.29) is 72.5 Å². The normalized spacial score (nSPS) is 49.2. The highest BCUT2D eigenvalue weighted by atomic mass is 16.3. The first kappa shape index (κ1) is 57.1. The first-order chi connectivity index (χ1) is 27.7. The van der Waals surface area contributed by atoms with Gasteiger partial charge < -0.3 is 130 Å². The second kappa shape index (κ2) is 27.4. The highest BCUT2D eigenvalue weighted by Crippen LogP contribution is 2.20. The molecule has 0 bridgehead atoms. The summed E-state index contributed by atoms with van der Waals surface area (Å²) < 4.78 is 0. The lowest BCUT2D eigenvalue weighted by Gasteiger charge is -2.32. The molecular formula is C36H84N12O12. The molecule has 36 N–H and O–H groups in total. The number of hydrogen-bond acceptors (Lipinski definition) is 24. The molecule has 24 heteroatoms. The van der Waals surface area contributed by atoms with E-state index >= 15 is 0 Å². The Bertz CT molecular complexity index is 783. The summed E-state index contributed by atoms with van der Waals surface area (Å²) in [5, 5.41) is 109. The second-order valence-corrected chi connectivity index (χ2v) is 17.6. The topological polar surface area (TPSA) is 555 Å². The third-order valence-corrected chi connectivity index (χ3v) is 12.1. The van der Waals surface area contributed by atoms with Gasteiger partial charge in [-0.05, 0) is 77.0 Å². The average Bonchev–Trinajstić information content (AvgIpc) is 3.15. The van der Waals surface area contributed by atoms with E-state index in [1.54, 1.807) is 0 Å². The fraction of sp³-hybridized carbons (Fsp3) is 1.00. The predicted octanol–water partition coefficient (Wildman–Crippen LogP) is -11.1. The van der Waals surface area contributed by atoms with Crippen molar-refractivity contribution >= 4 is 0 Å². The maximum atomic E-state index is 9.08. The molecule has 6 fully saturated rings. The van der Waals surface area contributed by atoms with Gasteiger partial charge in [0.2, 0.25) is 0 Å². The number of rotatable bonds is 0. The van der Waals surface area contributed by atoms with E-state index in [9.17, 15) is 0 Å². The first-order valence-electron chi connectivity index (χ1n) is 20.9. The Morgan fingerprint density at radius 3 is 0.250 bits per heavy atom.